The zero-order valence-corrected chi connectivity index (χ0v) is 27.6. The number of aromatic nitrogens is 2. The highest BCUT2D eigenvalue weighted by Crippen LogP contribution is 2.36. The van der Waals surface area contributed by atoms with E-state index >= 15 is 0 Å². The average molecular weight is 650 g/mol. The van der Waals surface area contributed by atoms with Crippen LogP contribution in [0.4, 0.5) is 4.79 Å². The van der Waals surface area contributed by atoms with E-state index in [1.54, 1.807) is 41.5 Å². The molecule has 230 valence electrons. The Morgan fingerprint density at radius 3 is 2.07 bits per heavy atom. The van der Waals surface area contributed by atoms with Gasteiger partial charge in [-0.3, -0.25) is 14.2 Å². The van der Waals surface area contributed by atoms with Crippen LogP contribution < -0.4 is 21.1 Å². The van der Waals surface area contributed by atoms with E-state index in [2.05, 4.69) is 26.2 Å². The van der Waals surface area contributed by atoms with Gasteiger partial charge in [-0.05, 0) is 96.2 Å². The number of amides is 1. The smallest absolute Gasteiger partial charge is 0.474 e. The number of halogens is 1. The Balaban J connectivity index is 1.79. The lowest BCUT2D eigenvalue weighted by atomic mass is 9.78. The highest BCUT2D eigenvalue weighted by Gasteiger charge is 2.51. The SMILES string of the molecule is CC(C)(C)OC(=O)Cn1cnc(OC[C@H](NC(=O)OC(C)(C)C)c2ccc(B3OC(C)(C)C(C)(C)O3)cc2)c(Br)c1=O. The Morgan fingerprint density at radius 1 is 1.00 bits per heavy atom. The van der Waals surface area contributed by atoms with Crippen LogP contribution in [0.1, 0.15) is 80.8 Å². The third-order valence-corrected chi connectivity index (χ3v) is 7.29. The molecule has 11 nitrogen and oxygen atoms in total. The maximum absolute atomic E-state index is 12.9. The number of rotatable bonds is 8. The molecule has 0 aliphatic carbocycles. The van der Waals surface area contributed by atoms with Crippen LogP contribution in [0.3, 0.4) is 0 Å². The first-order valence-electron chi connectivity index (χ1n) is 13.7. The molecule has 1 N–H and O–H groups in total. The Hall–Kier alpha value is -2.90. The van der Waals surface area contributed by atoms with E-state index in [1.165, 1.54) is 6.33 Å². The van der Waals surface area contributed by atoms with Gasteiger partial charge in [-0.15, -0.1) is 0 Å². The van der Waals surface area contributed by atoms with Crippen LogP contribution in [0.25, 0.3) is 0 Å². The molecule has 1 aliphatic heterocycles. The van der Waals surface area contributed by atoms with Crippen LogP contribution >= 0.6 is 15.9 Å². The molecule has 1 fully saturated rings. The zero-order valence-electron chi connectivity index (χ0n) is 26.0. The van der Waals surface area contributed by atoms with Gasteiger partial charge in [-0.2, -0.15) is 0 Å². The summed E-state index contributed by atoms with van der Waals surface area (Å²) in [6.45, 7) is 18.1. The molecule has 2 heterocycles. The first kappa shape index (κ1) is 33.6. The molecule has 1 aromatic heterocycles. The molecule has 1 aliphatic rings. The second kappa shape index (κ2) is 12.4. The van der Waals surface area contributed by atoms with Crippen molar-refractivity contribution in [2.45, 2.75) is 104 Å². The van der Waals surface area contributed by atoms with Gasteiger partial charge in [-0.1, -0.05) is 24.3 Å². The van der Waals surface area contributed by atoms with Gasteiger partial charge in [0.2, 0.25) is 5.88 Å². The van der Waals surface area contributed by atoms with Gasteiger partial charge in [0, 0.05) is 0 Å². The van der Waals surface area contributed by atoms with Gasteiger partial charge >= 0.3 is 19.2 Å². The Kier molecular flexibility index (Phi) is 9.90. The van der Waals surface area contributed by atoms with Crippen LogP contribution in [-0.2, 0) is 30.1 Å². The van der Waals surface area contributed by atoms with Gasteiger partial charge in [0.05, 0.1) is 17.2 Å². The van der Waals surface area contributed by atoms with Gasteiger partial charge in [-0.25, -0.2) is 9.78 Å². The molecule has 0 radical (unpaired) electrons. The topological polar surface area (TPSA) is 127 Å². The quantitative estimate of drug-likeness (QED) is 0.329. The minimum absolute atomic E-state index is 0.00488. The van der Waals surface area contributed by atoms with Crippen molar-refractivity contribution in [2.24, 2.45) is 0 Å². The molecule has 42 heavy (non-hydrogen) atoms. The Morgan fingerprint density at radius 2 is 1.55 bits per heavy atom. The minimum Gasteiger partial charge on any atom is -0.474 e. The molecule has 0 saturated carbocycles. The van der Waals surface area contributed by atoms with Crippen molar-refractivity contribution in [2.75, 3.05) is 6.61 Å². The summed E-state index contributed by atoms with van der Waals surface area (Å²) in [6, 6.07) is 6.76. The summed E-state index contributed by atoms with van der Waals surface area (Å²) in [5, 5.41) is 2.83. The largest absolute Gasteiger partial charge is 0.494 e. The van der Waals surface area contributed by atoms with E-state index < -0.39 is 53.2 Å². The lowest BCUT2D eigenvalue weighted by Crippen LogP contribution is -2.41. The summed E-state index contributed by atoms with van der Waals surface area (Å²) < 4.78 is 30.1. The highest BCUT2D eigenvalue weighted by atomic mass is 79.9. The average Bonchev–Trinajstić information content (AvgIpc) is 3.05. The lowest BCUT2D eigenvalue weighted by Gasteiger charge is -2.32. The zero-order chi connectivity index (χ0) is 31.7. The van der Waals surface area contributed by atoms with Crippen LogP contribution in [-0.4, -0.2) is 57.7 Å². The van der Waals surface area contributed by atoms with Gasteiger partial charge in [0.15, 0.2) is 0 Å². The molecule has 2 aromatic rings. The summed E-state index contributed by atoms with van der Waals surface area (Å²) in [5.41, 5.74) is -1.33. The van der Waals surface area contributed by atoms with E-state index in [1.807, 2.05) is 52.0 Å². The normalized spacial score (nSPS) is 17.0. The molecule has 13 heteroatoms. The van der Waals surface area contributed by atoms with Crippen molar-refractivity contribution in [3.8, 4) is 5.88 Å². The van der Waals surface area contributed by atoms with E-state index in [-0.39, 0.29) is 23.5 Å². The molecule has 1 saturated heterocycles. The van der Waals surface area contributed by atoms with Gasteiger partial charge in [0.1, 0.15) is 35.2 Å². The molecule has 3 rings (SSSR count). The fourth-order valence-electron chi connectivity index (χ4n) is 3.87. The fraction of sp³-hybridized carbons (Fsp3) is 0.586. The molecular formula is C29H41BBrN3O8. The second-order valence-electron chi connectivity index (χ2n) is 13.1. The standard InChI is InChI=1S/C29H41BBrN3O8/c1-26(2,3)39-21(35)15-34-17-32-23(22(31)24(34)36)38-16-20(33-25(37)40-27(4,5)6)18-11-13-19(14-12-18)30-41-28(7,8)29(9,10)42-30/h11-14,17,20H,15-16H2,1-10H3,(H,33,37)/t20-/m0/s1. The second-order valence-corrected chi connectivity index (χ2v) is 13.9. The van der Waals surface area contributed by atoms with E-state index in [0.29, 0.717) is 0 Å². The summed E-state index contributed by atoms with van der Waals surface area (Å²) in [5.74, 6) is -0.567. The lowest BCUT2D eigenvalue weighted by molar-refractivity contribution is -0.155. The van der Waals surface area contributed by atoms with Crippen molar-refractivity contribution >= 4 is 40.6 Å². The molecule has 0 spiro atoms. The Bertz CT molecular complexity index is 1330. The van der Waals surface area contributed by atoms with E-state index in [0.717, 1.165) is 15.6 Å². The maximum atomic E-state index is 12.9. The number of carbonyl (C=O) groups excluding carboxylic acids is 2. The number of ether oxygens (including phenoxy) is 3. The number of carbonyl (C=O) groups is 2. The van der Waals surface area contributed by atoms with Crippen LogP contribution in [0, 0.1) is 0 Å². The maximum Gasteiger partial charge on any atom is 0.494 e. The predicted octanol–water partition coefficient (Wildman–Crippen LogP) is 4.29. The molecule has 0 unspecified atom stereocenters. The number of alkyl carbamates (subject to hydrolysis) is 1. The number of hydrogen-bond acceptors (Lipinski definition) is 9. The van der Waals surface area contributed by atoms with Crippen molar-refractivity contribution < 1.29 is 33.1 Å². The van der Waals surface area contributed by atoms with E-state index in [4.69, 9.17) is 23.5 Å². The van der Waals surface area contributed by atoms with Crippen LogP contribution in [0.15, 0.2) is 39.9 Å². The predicted molar refractivity (Wildman–Crippen MR) is 162 cm³/mol. The third kappa shape index (κ3) is 8.81. The van der Waals surface area contributed by atoms with Gasteiger partial charge in [0.25, 0.3) is 5.56 Å². The van der Waals surface area contributed by atoms with Crippen LogP contribution in [0.2, 0.25) is 0 Å². The monoisotopic (exact) mass is 649 g/mol. The minimum atomic E-state index is -0.709. The molecule has 1 atom stereocenters. The number of esters is 1. The highest BCUT2D eigenvalue weighted by molar-refractivity contribution is 9.10. The summed E-state index contributed by atoms with van der Waals surface area (Å²) >= 11 is 3.23. The number of benzene rings is 1. The molecule has 1 amide bonds. The third-order valence-electron chi connectivity index (χ3n) is 6.61. The van der Waals surface area contributed by atoms with Gasteiger partial charge < -0.3 is 28.8 Å². The van der Waals surface area contributed by atoms with Crippen molar-refractivity contribution in [3.63, 3.8) is 0 Å². The Labute approximate surface area is 255 Å². The van der Waals surface area contributed by atoms with Crippen molar-refractivity contribution in [1.29, 1.82) is 0 Å². The van der Waals surface area contributed by atoms with E-state index in [9.17, 15) is 14.4 Å². The number of nitrogens with one attached hydrogen (secondary N) is 1. The molecule has 1 aromatic carbocycles. The summed E-state index contributed by atoms with van der Waals surface area (Å²) in [4.78, 5) is 42.0. The first-order valence-corrected chi connectivity index (χ1v) is 14.5. The van der Waals surface area contributed by atoms with Crippen LogP contribution in [0.5, 0.6) is 5.88 Å². The number of nitrogens with zero attached hydrogens (tertiary/aromatic N) is 2. The van der Waals surface area contributed by atoms with Crippen molar-refractivity contribution in [3.05, 3.63) is 51.0 Å². The summed E-state index contributed by atoms with van der Waals surface area (Å²) in [6.07, 6.45) is 0.577. The first-order chi connectivity index (χ1) is 19.2. The van der Waals surface area contributed by atoms with Crippen molar-refractivity contribution in [1.82, 2.24) is 14.9 Å². The fourth-order valence-corrected chi connectivity index (χ4v) is 4.32. The number of hydrogen-bond donors (Lipinski definition) is 1. The summed E-state index contributed by atoms with van der Waals surface area (Å²) in [7, 11) is -0.537. The molecule has 0 bridgehead atoms. The molecular weight excluding hydrogens is 609 g/mol.